The Morgan fingerprint density at radius 2 is 2.22 bits per heavy atom. The third-order valence-electron chi connectivity index (χ3n) is 3.35. The van der Waals surface area contributed by atoms with Gasteiger partial charge < -0.3 is 5.32 Å². The summed E-state index contributed by atoms with van der Waals surface area (Å²) in [6.07, 6.45) is -2.08. The molecule has 18 heavy (non-hydrogen) atoms. The third-order valence-corrected chi connectivity index (χ3v) is 4.31. The molecule has 1 fully saturated rings. The van der Waals surface area contributed by atoms with Gasteiger partial charge in [-0.25, -0.2) is 4.98 Å². The molecule has 0 aliphatic heterocycles. The summed E-state index contributed by atoms with van der Waals surface area (Å²) in [6.45, 7) is 2.49. The number of nitrogens with one attached hydrogen (secondary N) is 1. The first kappa shape index (κ1) is 13.8. The molecular formula is C12H17F3N2S. The molecule has 1 saturated carbocycles. The smallest absolute Gasteiger partial charge is 0.308 e. The average Bonchev–Trinajstić information content (AvgIpc) is 2.72. The molecule has 0 spiro atoms. The Kier molecular flexibility index (Phi) is 4.27. The molecular weight excluding hydrogens is 261 g/mol. The van der Waals surface area contributed by atoms with E-state index >= 15 is 0 Å². The molecule has 0 aromatic carbocycles. The zero-order valence-corrected chi connectivity index (χ0v) is 11.1. The summed E-state index contributed by atoms with van der Waals surface area (Å²) in [7, 11) is 0. The molecule has 2 nitrogen and oxygen atoms in total. The number of rotatable bonds is 3. The lowest BCUT2D eigenvalue weighted by Crippen LogP contribution is -2.38. The van der Waals surface area contributed by atoms with Gasteiger partial charge in [0.1, 0.15) is 5.01 Å². The van der Waals surface area contributed by atoms with Crippen molar-refractivity contribution in [3.63, 3.8) is 0 Å². The first-order valence-electron chi connectivity index (χ1n) is 6.16. The van der Waals surface area contributed by atoms with Crippen molar-refractivity contribution >= 4 is 11.3 Å². The maximum Gasteiger partial charge on any atom is 0.391 e. The first-order valence-corrected chi connectivity index (χ1v) is 7.04. The van der Waals surface area contributed by atoms with Gasteiger partial charge in [0.05, 0.1) is 5.92 Å². The summed E-state index contributed by atoms with van der Waals surface area (Å²) < 4.78 is 37.9. The lowest BCUT2D eigenvalue weighted by atomic mass is 9.85. The van der Waals surface area contributed by atoms with Gasteiger partial charge in [-0.1, -0.05) is 6.42 Å². The quantitative estimate of drug-likeness (QED) is 0.912. The van der Waals surface area contributed by atoms with E-state index in [-0.39, 0.29) is 18.9 Å². The van der Waals surface area contributed by atoms with Crippen molar-refractivity contribution in [3.05, 3.63) is 16.1 Å². The number of alkyl halides is 3. The van der Waals surface area contributed by atoms with Gasteiger partial charge in [0.15, 0.2) is 0 Å². The van der Waals surface area contributed by atoms with Crippen LogP contribution in [-0.4, -0.2) is 17.2 Å². The monoisotopic (exact) mass is 278 g/mol. The van der Waals surface area contributed by atoms with E-state index in [1.54, 1.807) is 11.3 Å². The van der Waals surface area contributed by atoms with E-state index in [0.717, 1.165) is 17.1 Å². The summed E-state index contributed by atoms with van der Waals surface area (Å²) in [4.78, 5) is 4.30. The number of nitrogens with zero attached hydrogens (tertiary/aromatic N) is 1. The second-order valence-corrected chi connectivity index (χ2v) is 5.81. The highest BCUT2D eigenvalue weighted by Crippen LogP contribution is 2.37. The lowest BCUT2D eigenvalue weighted by Gasteiger charge is -2.30. The Morgan fingerprint density at radius 1 is 1.44 bits per heavy atom. The SMILES string of the molecule is Cc1csc(CNC2CCCC(C(F)(F)F)C2)n1. The predicted molar refractivity (Wildman–Crippen MR) is 65.5 cm³/mol. The molecule has 1 aromatic rings. The Bertz CT molecular complexity index is 389. The van der Waals surface area contributed by atoms with Crippen molar-refractivity contribution in [2.75, 3.05) is 0 Å². The fraction of sp³-hybridized carbons (Fsp3) is 0.750. The van der Waals surface area contributed by atoms with Gasteiger partial charge in [0.25, 0.3) is 0 Å². The van der Waals surface area contributed by atoms with Crippen LogP contribution in [0.2, 0.25) is 0 Å². The zero-order valence-electron chi connectivity index (χ0n) is 10.3. The van der Waals surface area contributed by atoms with Crippen LogP contribution in [0.15, 0.2) is 5.38 Å². The van der Waals surface area contributed by atoms with E-state index in [1.165, 1.54) is 0 Å². The highest BCUT2D eigenvalue weighted by molar-refractivity contribution is 7.09. The number of halogens is 3. The first-order chi connectivity index (χ1) is 8.45. The normalized spacial score (nSPS) is 25.3. The van der Waals surface area contributed by atoms with E-state index in [4.69, 9.17) is 0 Å². The van der Waals surface area contributed by atoms with E-state index in [2.05, 4.69) is 10.3 Å². The van der Waals surface area contributed by atoms with Gasteiger partial charge in [-0.15, -0.1) is 11.3 Å². The fourth-order valence-electron chi connectivity index (χ4n) is 2.39. The van der Waals surface area contributed by atoms with Crippen LogP contribution < -0.4 is 5.32 Å². The van der Waals surface area contributed by atoms with E-state index in [9.17, 15) is 13.2 Å². The maximum absolute atomic E-state index is 12.6. The average molecular weight is 278 g/mol. The Morgan fingerprint density at radius 3 is 2.83 bits per heavy atom. The zero-order chi connectivity index (χ0) is 13.2. The standard InChI is InChI=1S/C12H17F3N2S/c1-8-7-18-11(17-8)6-16-10-4-2-3-9(5-10)12(13,14)15/h7,9-10,16H,2-6H2,1H3. The van der Waals surface area contributed by atoms with Crippen molar-refractivity contribution < 1.29 is 13.2 Å². The van der Waals surface area contributed by atoms with Crippen LogP contribution in [0.3, 0.4) is 0 Å². The molecule has 1 aromatic heterocycles. The number of aromatic nitrogens is 1. The molecule has 2 rings (SSSR count). The minimum absolute atomic E-state index is 0.0328. The van der Waals surface area contributed by atoms with Crippen LogP contribution in [0.25, 0.3) is 0 Å². The van der Waals surface area contributed by atoms with Crippen LogP contribution in [0.5, 0.6) is 0 Å². The van der Waals surface area contributed by atoms with Crippen LogP contribution in [0, 0.1) is 12.8 Å². The molecule has 0 amide bonds. The van der Waals surface area contributed by atoms with E-state index in [1.807, 2.05) is 12.3 Å². The van der Waals surface area contributed by atoms with E-state index in [0.29, 0.717) is 13.0 Å². The van der Waals surface area contributed by atoms with E-state index < -0.39 is 12.1 Å². The molecule has 1 aliphatic rings. The second-order valence-electron chi connectivity index (χ2n) is 4.87. The van der Waals surface area contributed by atoms with Crippen LogP contribution in [0.1, 0.15) is 36.4 Å². The molecule has 1 heterocycles. The lowest BCUT2D eigenvalue weighted by molar-refractivity contribution is -0.183. The van der Waals surface area contributed by atoms with Crippen LogP contribution in [-0.2, 0) is 6.54 Å². The van der Waals surface area contributed by atoms with Gasteiger partial charge >= 0.3 is 6.18 Å². The number of aryl methyl sites for hydroxylation is 1. The molecule has 102 valence electrons. The minimum atomic E-state index is -4.04. The minimum Gasteiger partial charge on any atom is -0.308 e. The van der Waals surface area contributed by atoms with Gasteiger partial charge in [0.2, 0.25) is 0 Å². The largest absolute Gasteiger partial charge is 0.391 e. The van der Waals surface area contributed by atoms with Crippen LogP contribution >= 0.6 is 11.3 Å². The Balaban J connectivity index is 1.83. The molecule has 6 heteroatoms. The summed E-state index contributed by atoms with van der Waals surface area (Å²) in [5, 5.41) is 6.10. The Labute approximate surface area is 109 Å². The van der Waals surface area contributed by atoms with Crippen LogP contribution in [0.4, 0.5) is 13.2 Å². The summed E-state index contributed by atoms with van der Waals surface area (Å²) in [5.41, 5.74) is 0.966. The van der Waals surface area contributed by atoms with Gasteiger partial charge in [-0.3, -0.25) is 0 Å². The predicted octanol–water partition coefficient (Wildman–Crippen LogP) is 3.66. The van der Waals surface area contributed by atoms with Crippen molar-refractivity contribution in [2.24, 2.45) is 5.92 Å². The molecule has 1 aliphatic carbocycles. The Hall–Kier alpha value is -0.620. The highest BCUT2D eigenvalue weighted by atomic mass is 32.1. The van der Waals surface area contributed by atoms with Crippen molar-refractivity contribution in [1.82, 2.24) is 10.3 Å². The van der Waals surface area contributed by atoms with Gasteiger partial charge in [0, 0.05) is 23.7 Å². The maximum atomic E-state index is 12.6. The van der Waals surface area contributed by atoms with Gasteiger partial charge in [-0.05, 0) is 26.2 Å². The molecule has 1 N–H and O–H groups in total. The fourth-order valence-corrected chi connectivity index (χ4v) is 3.11. The van der Waals surface area contributed by atoms with Crippen molar-refractivity contribution in [1.29, 1.82) is 0 Å². The highest BCUT2D eigenvalue weighted by Gasteiger charge is 2.41. The van der Waals surface area contributed by atoms with Crippen molar-refractivity contribution in [2.45, 2.75) is 51.4 Å². The number of hydrogen-bond donors (Lipinski definition) is 1. The number of hydrogen-bond acceptors (Lipinski definition) is 3. The molecule has 2 atom stereocenters. The summed E-state index contributed by atoms with van der Waals surface area (Å²) in [5.74, 6) is -1.14. The van der Waals surface area contributed by atoms with Crippen molar-refractivity contribution in [3.8, 4) is 0 Å². The molecule has 0 radical (unpaired) electrons. The number of thiazole rings is 1. The molecule has 0 saturated heterocycles. The summed E-state index contributed by atoms with van der Waals surface area (Å²) >= 11 is 1.55. The van der Waals surface area contributed by atoms with Gasteiger partial charge in [-0.2, -0.15) is 13.2 Å². The third kappa shape index (κ3) is 3.68. The molecule has 0 bridgehead atoms. The second kappa shape index (κ2) is 5.57. The summed E-state index contributed by atoms with van der Waals surface area (Å²) in [6, 6.07) is -0.0328. The molecule has 2 unspecified atom stereocenters. The topological polar surface area (TPSA) is 24.9 Å².